The van der Waals surface area contributed by atoms with E-state index in [0.29, 0.717) is 35.2 Å². The van der Waals surface area contributed by atoms with Crippen molar-refractivity contribution in [3.8, 4) is 11.5 Å². The number of methoxy groups -OCH3 is 2. The summed E-state index contributed by atoms with van der Waals surface area (Å²) >= 11 is 0. The third kappa shape index (κ3) is 4.90. The van der Waals surface area contributed by atoms with E-state index in [4.69, 9.17) is 14.2 Å². The van der Waals surface area contributed by atoms with E-state index in [1.54, 1.807) is 26.5 Å². The first kappa shape index (κ1) is 20.3. The summed E-state index contributed by atoms with van der Waals surface area (Å²) in [5, 5.41) is 0.817. The molecule has 0 aliphatic rings. The number of nitrogens with zero attached hydrogens (tertiary/aromatic N) is 4. The molecule has 8 heteroatoms. The third-order valence-electron chi connectivity index (χ3n) is 4.42. The van der Waals surface area contributed by atoms with Gasteiger partial charge in [0.15, 0.2) is 23.9 Å². The summed E-state index contributed by atoms with van der Waals surface area (Å²) in [5.41, 5.74) is 1.68. The number of likely N-dealkylation sites (N-methyl/N-ethyl adjacent to an activating group) is 1. The lowest BCUT2D eigenvalue weighted by Crippen LogP contribution is -2.23. The number of benzene rings is 1. The molecular weight excluding hydrogens is 372 g/mol. The molecule has 0 fully saturated rings. The molecule has 8 nitrogen and oxygen atoms in total. The second-order valence-electron chi connectivity index (χ2n) is 6.46. The maximum absolute atomic E-state index is 11.2. The lowest BCUT2D eigenvalue weighted by molar-refractivity contribution is -0.142. The van der Waals surface area contributed by atoms with Crippen molar-refractivity contribution in [3.63, 3.8) is 0 Å². The fourth-order valence-electron chi connectivity index (χ4n) is 2.94. The van der Waals surface area contributed by atoms with Crippen molar-refractivity contribution in [3.05, 3.63) is 48.0 Å². The first-order valence-corrected chi connectivity index (χ1v) is 9.19. The molecule has 152 valence electrons. The minimum absolute atomic E-state index is 0.000693. The average Bonchev–Trinajstić information content (AvgIpc) is 2.75. The van der Waals surface area contributed by atoms with Gasteiger partial charge in [0.05, 0.1) is 19.7 Å². The highest BCUT2D eigenvalue weighted by molar-refractivity contribution is 5.92. The molecule has 0 spiro atoms. The number of hydrogen-bond acceptors (Lipinski definition) is 8. The Bertz CT molecular complexity index is 995. The predicted octanol–water partition coefficient (Wildman–Crippen LogP) is 2.78. The van der Waals surface area contributed by atoms with Gasteiger partial charge in [-0.1, -0.05) is 6.07 Å². The smallest absolute Gasteiger partial charge is 0.303 e. The molecule has 29 heavy (non-hydrogen) atoms. The van der Waals surface area contributed by atoms with Gasteiger partial charge in [0.2, 0.25) is 0 Å². The quantitative estimate of drug-likeness (QED) is 0.537. The van der Waals surface area contributed by atoms with Crippen LogP contribution in [0.25, 0.3) is 10.9 Å². The Morgan fingerprint density at radius 3 is 2.52 bits per heavy atom. The van der Waals surface area contributed by atoms with Gasteiger partial charge in [-0.15, -0.1) is 0 Å². The van der Waals surface area contributed by atoms with Crippen molar-refractivity contribution < 1.29 is 19.0 Å². The number of carbonyl (C=O) groups is 1. The predicted molar refractivity (Wildman–Crippen MR) is 109 cm³/mol. The molecule has 1 aromatic carbocycles. The molecule has 0 bridgehead atoms. The van der Waals surface area contributed by atoms with Crippen LogP contribution >= 0.6 is 0 Å². The third-order valence-corrected chi connectivity index (χ3v) is 4.42. The maximum atomic E-state index is 11.2. The van der Waals surface area contributed by atoms with Crippen LogP contribution in [0.4, 0.5) is 5.82 Å². The highest BCUT2D eigenvalue weighted by Gasteiger charge is 2.16. The number of fused-ring (bicyclic) bond motifs is 1. The molecule has 3 aromatic rings. The Balaban J connectivity index is 1.99. The zero-order valence-corrected chi connectivity index (χ0v) is 17.0. The van der Waals surface area contributed by atoms with Gasteiger partial charge in [0, 0.05) is 50.3 Å². The number of rotatable bonds is 8. The number of esters is 1. The number of anilines is 1. The van der Waals surface area contributed by atoms with Gasteiger partial charge in [-0.05, 0) is 18.2 Å². The lowest BCUT2D eigenvalue weighted by Gasteiger charge is -2.21. The largest absolute Gasteiger partial charge is 0.493 e. The minimum Gasteiger partial charge on any atom is -0.493 e. The highest BCUT2D eigenvalue weighted by Crippen LogP contribution is 2.35. The van der Waals surface area contributed by atoms with E-state index in [9.17, 15) is 4.79 Å². The molecule has 0 radical (unpaired) electrons. The van der Waals surface area contributed by atoms with E-state index in [1.165, 1.54) is 6.92 Å². The van der Waals surface area contributed by atoms with Crippen LogP contribution in [0.1, 0.15) is 18.4 Å². The highest BCUT2D eigenvalue weighted by atomic mass is 16.5. The Hall–Kier alpha value is -3.42. The van der Waals surface area contributed by atoms with Crippen molar-refractivity contribution in [2.45, 2.75) is 20.0 Å². The van der Waals surface area contributed by atoms with Gasteiger partial charge in [-0.2, -0.15) is 0 Å². The Morgan fingerprint density at radius 2 is 1.86 bits per heavy atom. The molecule has 3 rings (SSSR count). The maximum Gasteiger partial charge on any atom is 0.303 e. The Kier molecular flexibility index (Phi) is 6.43. The molecule has 0 saturated carbocycles. The van der Waals surface area contributed by atoms with Gasteiger partial charge in [0.1, 0.15) is 5.82 Å². The van der Waals surface area contributed by atoms with Crippen molar-refractivity contribution in [1.29, 1.82) is 0 Å². The van der Waals surface area contributed by atoms with Crippen molar-refractivity contribution >= 4 is 22.7 Å². The van der Waals surface area contributed by atoms with Gasteiger partial charge >= 0.3 is 5.97 Å². The summed E-state index contributed by atoms with van der Waals surface area (Å²) in [4.78, 5) is 26.8. The van der Waals surface area contributed by atoms with Crippen LogP contribution in [0.5, 0.6) is 11.5 Å². The number of hydrogen-bond donors (Lipinski definition) is 0. The molecule has 0 saturated heterocycles. The molecule has 0 atom stereocenters. The van der Waals surface area contributed by atoms with Crippen LogP contribution in [0, 0.1) is 0 Å². The summed E-state index contributed by atoms with van der Waals surface area (Å²) in [6.07, 6.45) is 2.54. The summed E-state index contributed by atoms with van der Waals surface area (Å²) < 4.78 is 15.9. The summed E-state index contributed by atoms with van der Waals surface area (Å²) in [5.74, 6) is 1.91. The van der Waals surface area contributed by atoms with Gasteiger partial charge < -0.3 is 19.1 Å². The molecular formula is C21H24N4O4. The van der Waals surface area contributed by atoms with Crippen molar-refractivity contribution in [2.24, 2.45) is 0 Å². The van der Waals surface area contributed by atoms with E-state index in [1.807, 2.05) is 36.2 Å². The first-order chi connectivity index (χ1) is 14.0. The summed E-state index contributed by atoms with van der Waals surface area (Å²) in [7, 11) is 5.12. The minimum atomic E-state index is -0.383. The van der Waals surface area contributed by atoms with Crippen LogP contribution in [0.15, 0.2) is 36.5 Å². The number of pyridine rings is 1. The van der Waals surface area contributed by atoms with E-state index < -0.39 is 0 Å². The van der Waals surface area contributed by atoms with Gasteiger partial charge in [-0.25, -0.2) is 9.97 Å². The van der Waals surface area contributed by atoms with Crippen molar-refractivity contribution in [1.82, 2.24) is 15.0 Å². The van der Waals surface area contributed by atoms with Gasteiger partial charge in [-0.3, -0.25) is 9.78 Å². The van der Waals surface area contributed by atoms with Crippen LogP contribution in [-0.2, 0) is 22.6 Å². The fourth-order valence-corrected chi connectivity index (χ4v) is 2.94. The average molecular weight is 396 g/mol. The molecule has 0 aliphatic heterocycles. The van der Waals surface area contributed by atoms with Crippen LogP contribution < -0.4 is 14.4 Å². The standard InChI is InChI=1S/C21H24N4O4/c1-14(26)29-13-20-23-17-12-19(28-4)18(27-3)11-16(17)21(24-20)25(2)10-8-15-7-5-6-9-22-15/h5-7,9,11-12H,8,10,13H2,1-4H3. The summed E-state index contributed by atoms with van der Waals surface area (Å²) in [6, 6.07) is 9.51. The SMILES string of the molecule is COc1cc2nc(COC(C)=O)nc(N(C)CCc3ccccn3)c2cc1OC. The summed E-state index contributed by atoms with van der Waals surface area (Å²) in [6.45, 7) is 2.06. The topological polar surface area (TPSA) is 86.7 Å². The molecule has 0 amide bonds. The van der Waals surface area contributed by atoms with E-state index in [2.05, 4.69) is 15.0 Å². The molecule has 0 aliphatic carbocycles. The molecule has 0 N–H and O–H groups in total. The van der Waals surface area contributed by atoms with E-state index >= 15 is 0 Å². The van der Waals surface area contributed by atoms with Crippen LogP contribution in [0.2, 0.25) is 0 Å². The van der Waals surface area contributed by atoms with E-state index in [0.717, 1.165) is 17.5 Å². The zero-order chi connectivity index (χ0) is 20.8. The second-order valence-corrected chi connectivity index (χ2v) is 6.46. The number of aromatic nitrogens is 3. The first-order valence-electron chi connectivity index (χ1n) is 9.19. The number of carbonyl (C=O) groups excluding carboxylic acids is 1. The van der Waals surface area contributed by atoms with Crippen molar-refractivity contribution in [2.75, 3.05) is 32.7 Å². The second kappa shape index (κ2) is 9.18. The number of ether oxygens (including phenoxy) is 3. The Morgan fingerprint density at radius 1 is 1.10 bits per heavy atom. The van der Waals surface area contributed by atoms with E-state index in [-0.39, 0.29) is 12.6 Å². The van der Waals surface area contributed by atoms with Crippen LogP contribution in [-0.4, -0.2) is 48.7 Å². The fraction of sp³-hybridized carbons (Fsp3) is 0.333. The molecule has 0 unspecified atom stereocenters. The zero-order valence-electron chi connectivity index (χ0n) is 17.0. The van der Waals surface area contributed by atoms with Crippen LogP contribution in [0.3, 0.4) is 0 Å². The monoisotopic (exact) mass is 396 g/mol. The molecule has 2 heterocycles. The van der Waals surface area contributed by atoms with Gasteiger partial charge in [0.25, 0.3) is 0 Å². The normalized spacial score (nSPS) is 10.6. The lowest BCUT2D eigenvalue weighted by atomic mass is 10.2. The molecule has 2 aromatic heterocycles. The Labute approximate surface area is 169 Å².